The van der Waals surface area contributed by atoms with Crippen LogP contribution in [0, 0.1) is 0 Å². The molecule has 184 valence electrons. The van der Waals surface area contributed by atoms with E-state index in [1.165, 1.54) is 0 Å². The second-order valence-electron chi connectivity index (χ2n) is 8.04. The third-order valence-electron chi connectivity index (χ3n) is 5.35. The minimum atomic E-state index is -0.385. The van der Waals surface area contributed by atoms with Crippen molar-refractivity contribution < 1.29 is 14.3 Å². The Morgan fingerprint density at radius 1 is 1.03 bits per heavy atom. The molecule has 0 unspecified atom stereocenters. The Morgan fingerprint density at radius 2 is 1.75 bits per heavy atom. The van der Waals surface area contributed by atoms with E-state index >= 15 is 0 Å². The first-order valence-corrected chi connectivity index (χ1v) is 12.1. The highest BCUT2D eigenvalue weighted by molar-refractivity contribution is 6.31. The van der Waals surface area contributed by atoms with Gasteiger partial charge in [-0.1, -0.05) is 43.1 Å². The van der Waals surface area contributed by atoms with Gasteiger partial charge in [-0.2, -0.15) is 10.2 Å². The average Bonchev–Trinajstić information content (AvgIpc) is 3.40. The summed E-state index contributed by atoms with van der Waals surface area (Å²) < 4.78 is 11.5. The molecule has 4 rings (SSSR count). The van der Waals surface area contributed by atoms with Gasteiger partial charge < -0.3 is 9.47 Å². The van der Waals surface area contributed by atoms with Crippen LogP contribution in [0.4, 0.5) is 0 Å². The number of aromatic nitrogens is 2. The molecule has 0 radical (unpaired) electrons. The molecule has 0 bridgehead atoms. The SMILES string of the molecule is CCCCOc1ccc(C=NNC(=O)c2cc(-c3ccc(OCc4ccccc4Cl)cc3)n[nH]2)cc1. The van der Waals surface area contributed by atoms with E-state index in [1.54, 1.807) is 12.3 Å². The van der Waals surface area contributed by atoms with E-state index in [2.05, 4.69) is 27.6 Å². The monoisotopic (exact) mass is 502 g/mol. The topological polar surface area (TPSA) is 88.6 Å². The van der Waals surface area contributed by atoms with Crippen LogP contribution in [-0.4, -0.2) is 28.9 Å². The third kappa shape index (κ3) is 6.96. The van der Waals surface area contributed by atoms with Gasteiger partial charge in [0.15, 0.2) is 0 Å². The molecule has 0 fully saturated rings. The van der Waals surface area contributed by atoms with Gasteiger partial charge in [-0.25, -0.2) is 5.43 Å². The van der Waals surface area contributed by atoms with E-state index in [-0.39, 0.29) is 5.91 Å². The Morgan fingerprint density at radius 3 is 2.50 bits per heavy atom. The summed E-state index contributed by atoms with van der Waals surface area (Å²) in [5.41, 5.74) is 6.07. The number of halogens is 1. The number of carbonyl (C=O) groups excluding carboxylic acids is 1. The third-order valence-corrected chi connectivity index (χ3v) is 5.72. The molecule has 0 saturated carbocycles. The number of hydrazone groups is 1. The van der Waals surface area contributed by atoms with E-state index in [1.807, 2.05) is 72.8 Å². The number of H-pyrrole nitrogens is 1. The summed E-state index contributed by atoms with van der Waals surface area (Å²) >= 11 is 6.17. The predicted octanol–water partition coefficient (Wildman–Crippen LogP) is 6.25. The fourth-order valence-electron chi connectivity index (χ4n) is 3.29. The summed E-state index contributed by atoms with van der Waals surface area (Å²) in [7, 11) is 0. The Labute approximate surface area is 215 Å². The Bertz CT molecular complexity index is 1300. The summed E-state index contributed by atoms with van der Waals surface area (Å²) in [6.45, 7) is 3.20. The van der Waals surface area contributed by atoms with E-state index in [9.17, 15) is 4.79 Å². The van der Waals surface area contributed by atoms with Crippen molar-refractivity contribution >= 4 is 23.7 Å². The number of carbonyl (C=O) groups is 1. The van der Waals surface area contributed by atoms with Crippen LogP contribution in [0.1, 0.15) is 41.4 Å². The minimum Gasteiger partial charge on any atom is -0.494 e. The quantitative estimate of drug-likeness (QED) is 0.144. The highest BCUT2D eigenvalue weighted by Crippen LogP contribution is 2.23. The standard InChI is InChI=1S/C28H27ClN4O3/c1-2-3-16-35-23-12-8-20(9-13-23)18-30-33-28(34)27-17-26(31-32-27)21-10-14-24(15-11-21)36-19-22-6-4-5-7-25(22)29/h4-15,17-18H,2-3,16,19H2,1H3,(H,31,32)(H,33,34). The number of aromatic amines is 1. The molecule has 3 aromatic carbocycles. The van der Waals surface area contributed by atoms with Crippen molar-refractivity contribution in [2.75, 3.05) is 6.61 Å². The average molecular weight is 503 g/mol. The van der Waals surface area contributed by atoms with E-state index in [4.69, 9.17) is 21.1 Å². The van der Waals surface area contributed by atoms with Crippen LogP contribution >= 0.6 is 11.6 Å². The fourth-order valence-corrected chi connectivity index (χ4v) is 3.48. The van der Waals surface area contributed by atoms with Crippen LogP contribution in [0.2, 0.25) is 5.02 Å². The second-order valence-corrected chi connectivity index (χ2v) is 8.45. The van der Waals surface area contributed by atoms with Crippen molar-refractivity contribution in [1.29, 1.82) is 0 Å². The summed E-state index contributed by atoms with van der Waals surface area (Å²) in [6.07, 6.45) is 3.69. The van der Waals surface area contributed by atoms with Gasteiger partial charge in [-0.05, 0) is 72.6 Å². The molecule has 0 spiro atoms. The molecular weight excluding hydrogens is 476 g/mol. The normalized spacial score (nSPS) is 10.9. The number of benzene rings is 3. The van der Waals surface area contributed by atoms with Crippen molar-refractivity contribution in [3.8, 4) is 22.8 Å². The first-order valence-electron chi connectivity index (χ1n) is 11.7. The zero-order valence-electron chi connectivity index (χ0n) is 19.9. The van der Waals surface area contributed by atoms with Gasteiger partial charge in [0.1, 0.15) is 23.8 Å². The van der Waals surface area contributed by atoms with Gasteiger partial charge in [-0.15, -0.1) is 0 Å². The van der Waals surface area contributed by atoms with Gasteiger partial charge in [0.05, 0.1) is 18.5 Å². The molecule has 7 nitrogen and oxygen atoms in total. The van der Waals surface area contributed by atoms with Gasteiger partial charge in [0.2, 0.25) is 0 Å². The predicted molar refractivity (Wildman–Crippen MR) is 142 cm³/mol. The number of nitrogens with one attached hydrogen (secondary N) is 2. The molecule has 1 aromatic heterocycles. The summed E-state index contributed by atoms with van der Waals surface area (Å²) in [6, 6.07) is 24.2. The van der Waals surface area contributed by atoms with Crippen molar-refractivity contribution in [2.45, 2.75) is 26.4 Å². The number of unbranched alkanes of at least 4 members (excludes halogenated alkanes) is 1. The van der Waals surface area contributed by atoms with Crippen molar-refractivity contribution in [3.63, 3.8) is 0 Å². The Hall–Kier alpha value is -4.10. The summed E-state index contributed by atoms with van der Waals surface area (Å²) in [4.78, 5) is 12.4. The molecule has 2 N–H and O–H groups in total. The van der Waals surface area contributed by atoms with Gasteiger partial charge >= 0.3 is 0 Å². The maximum atomic E-state index is 12.4. The second kappa shape index (κ2) is 12.6. The van der Waals surface area contributed by atoms with E-state index in [0.29, 0.717) is 35.4 Å². The van der Waals surface area contributed by atoms with Crippen LogP contribution < -0.4 is 14.9 Å². The Kier molecular flexibility index (Phi) is 8.72. The first kappa shape index (κ1) is 25.0. The number of hydrogen-bond donors (Lipinski definition) is 2. The summed E-state index contributed by atoms with van der Waals surface area (Å²) in [5, 5.41) is 11.7. The van der Waals surface area contributed by atoms with Gasteiger partial charge in [0, 0.05) is 16.1 Å². The zero-order chi connectivity index (χ0) is 25.2. The number of rotatable bonds is 11. The number of ether oxygens (including phenoxy) is 2. The Balaban J connectivity index is 1.28. The van der Waals surface area contributed by atoms with E-state index in [0.717, 1.165) is 35.3 Å². The fraction of sp³-hybridized carbons (Fsp3) is 0.179. The molecule has 1 amide bonds. The number of amides is 1. The van der Waals surface area contributed by atoms with Crippen LogP contribution in [0.5, 0.6) is 11.5 Å². The lowest BCUT2D eigenvalue weighted by Crippen LogP contribution is -2.17. The molecule has 0 atom stereocenters. The van der Waals surface area contributed by atoms with Crippen LogP contribution in [0.3, 0.4) is 0 Å². The lowest BCUT2D eigenvalue weighted by molar-refractivity contribution is 0.0950. The van der Waals surface area contributed by atoms with Crippen LogP contribution in [0.25, 0.3) is 11.3 Å². The van der Waals surface area contributed by atoms with Crippen molar-refractivity contribution in [2.24, 2.45) is 5.10 Å². The molecule has 4 aromatic rings. The van der Waals surface area contributed by atoms with Crippen molar-refractivity contribution in [1.82, 2.24) is 15.6 Å². The van der Waals surface area contributed by atoms with E-state index < -0.39 is 0 Å². The van der Waals surface area contributed by atoms with Crippen LogP contribution in [-0.2, 0) is 6.61 Å². The zero-order valence-corrected chi connectivity index (χ0v) is 20.7. The maximum absolute atomic E-state index is 12.4. The summed E-state index contributed by atoms with van der Waals surface area (Å²) in [5.74, 6) is 1.14. The molecule has 1 heterocycles. The lowest BCUT2D eigenvalue weighted by atomic mass is 10.1. The maximum Gasteiger partial charge on any atom is 0.289 e. The highest BCUT2D eigenvalue weighted by atomic mass is 35.5. The lowest BCUT2D eigenvalue weighted by Gasteiger charge is -2.08. The molecular formula is C28H27ClN4O3. The van der Waals surface area contributed by atoms with Crippen molar-refractivity contribution in [3.05, 3.63) is 101 Å². The molecule has 0 saturated heterocycles. The molecule has 8 heteroatoms. The highest BCUT2D eigenvalue weighted by Gasteiger charge is 2.11. The number of hydrogen-bond acceptors (Lipinski definition) is 5. The van der Waals surface area contributed by atoms with Crippen LogP contribution in [0.15, 0.2) is 84.0 Å². The molecule has 36 heavy (non-hydrogen) atoms. The molecule has 0 aliphatic carbocycles. The molecule has 0 aliphatic rings. The minimum absolute atomic E-state index is 0.306. The van der Waals surface area contributed by atoms with Gasteiger partial charge in [0.25, 0.3) is 5.91 Å². The molecule has 0 aliphatic heterocycles. The van der Waals surface area contributed by atoms with Gasteiger partial charge in [-0.3, -0.25) is 9.89 Å². The first-order chi connectivity index (χ1) is 17.6. The number of nitrogens with zero attached hydrogens (tertiary/aromatic N) is 2. The smallest absolute Gasteiger partial charge is 0.289 e. The largest absolute Gasteiger partial charge is 0.494 e.